The number of amides is 1. The molecule has 1 atom stereocenters. The Balaban J connectivity index is 2.47. The fourth-order valence-electron chi connectivity index (χ4n) is 1.12. The van der Waals surface area contributed by atoms with Crippen molar-refractivity contribution in [2.45, 2.75) is 12.2 Å². The van der Waals surface area contributed by atoms with Crippen LogP contribution >= 0.6 is 11.8 Å². The number of rotatable bonds is 5. The molecule has 0 aliphatic heterocycles. The molecule has 0 saturated heterocycles. The molecule has 1 amide bonds. The van der Waals surface area contributed by atoms with Crippen LogP contribution in [0.25, 0.3) is 0 Å². The second-order valence-corrected chi connectivity index (χ2v) is 4.80. The number of hydrogen-bond acceptors (Lipinski definition) is 4. The van der Waals surface area contributed by atoms with E-state index in [-0.39, 0.29) is 17.8 Å². The molecule has 1 unspecified atom stereocenters. The minimum atomic E-state index is -0.176. The first-order valence-corrected chi connectivity index (χ1v) is 6.07. The summed E-state index contributed by atoms with van der Waals surface area (Å²) < 4.78 is 0. The highest BCUT2D eigenvalue weighted by Gasteiger charge is 2.12. The minimum absolute atomic E-state index is 0.0665. The number of benzene rings is 1. The molecule has 1 aromatic carbocycles. The predicted octanol–water partition coefficient (Wildman–Crippen LogP) is 1.32. The molecule has 0 bridgehead atoms. The van der Waals surface area contributed by atoms with Gasteiger partial charge in [0.05, 0.1) is 11.9 Å². The Morgan fingerprint density at radius 2 is 2.12 bits per heavy atom. The fourth-order valence-corrected chi connectivity index (χ4v) is 1.78. The van der Waals surface area contributed by atoms with Gasteiger partial charge >= 0.3 is 0 Å². The molecule has 0 heterocycles. The van der Waals surface area contributed by atoms with Crippen molar-refractivity contribution in [3.05, 3.63) is 24.3 Å². The lowest BCUT2D eigenvalue weighted by atomic mass is 10.3. The molecule has 5 heteroatoms. The summed E-state index contributed by atoms with van der Waals surface area (Å²) in [6.45, 7) is 1.90. The van der Waals surface area contributed by atoms with E-state index in [1.165, 1.54) is 11.8 Å². The van der Waals surface area contributed by atoms with Crippen molar-refractivity contribution >= 4 is 29.0 Å². The van der Waals surface area contributed by atoms with Gasteiger partial charge in [-0.25, -0.2) is 0 Å². The second-order valence-electron chi connectivity index (χ2n) is 3.35. The molecule has 0 fully saturated rings. The summed E-state index contributed by atoms with van der Waals surface area (Å²) in [4.78, 5) is 11.7. The Kier molecular flexibility index (Phi) is 5.14. The van der Waals surface area contributed by atoms with E-state index in [1.807, 2.05) is 6.92 Å². The van der Waals surface area contributed by atoms with Gasteiger partial charge in [0.25, 0.3) is 0 Å². The smallest absolute Gasteiger partial charge is 0.237 e. The van der Waals surface area contributed by atoms with Gasteiger partial charge < -0.3 is 16.2 Å². The molecule has 0 saturated carbocycles. The van der Waals surface area contributed by atoms with Gasteiger partial charge in [0.2, 0.25) is 5.91 Å². The molecule has 4 nitrogen and oxygen atoms in total. The lowest BCUT2D eigenvalue weighted by molar-refractivity contribution is -0.115. The van der Waals surface area contributed by atoms with Gasteiger partial charge in [-0.05, 0) is 31.2 Å². The van der Waals surface area contributed by atoms with Crippen molar-refractivity contribution in [2.24, 2.45) is 0 Å². The predicted molar refractivity (Wildman–Crippen MR) is 68.5 cm³/mol. The van der Waals surface area contributed by atoms with Crippen molar-refractivity contribution in [1.82, 2.24) is 0 Å². The first kappa shape index (κ1) is 12.9. The maximum absolute atomic E-state index is 11.7. The van der Waals surface area contributed by atoms with Crippen molar-refractivity contribution < 1.29 is 9.90 Å². The Morgan fingerprint density at radius 3 is 2.69 bits per heavy atom. The number of nitrogen functional groups attached to an aromatic ring is 1. The highest BCUT2D eigenvalue weighted by molar-refractivity contribution is 8.00. The van der Waals surface area contributed by atoms with Crippen LogP contribution in [-0.2, 0) is 4.79 Å². The third-order valence-corrected chi connectivity index (χ3v) is 3.14. The summed E-state index contributed by atoms with van der Waals surface area (Å²) in [5, 5.41) is 11.3. The second kappa shape index (κ2) is 6.40. The van der Waals surface area contributed by atoms with Gasteiger partial charge in [0.15, 0.2) is 0 Å². The first-order valence-electron chi connectivity index (χ1n) is 5.02. The molecule has 1 aromatic rings. The number of carbonyl (C=O) groups excluding carboxylic acids is 1. The van der Waals surface area contributed by atoms with Crippen LogP contribution in [0.1, 0.15) is 6.92 Å². The van der Waals surface area contributed by atoms with Crippen molar-refractivity contribution in [3.63, 3.8) is 0 Å². The van der Waals surface area contributed by atoms with Crippen molar-refractivity contribution in [2.75, 3.05) is 23.4 Å². The molecule has 0 aliphatic rings. The third-order valence-electron chi connectivity index (χ3n) is 2.01. The van der Waals surface area contributed by atoms with Gasteiger partial charge in [0, 0.05) is 17.1 Å². The molecule has 0 aromatic heterocycles. The molecule has 16 heavy (non-hydrogen) atoms. The zero-order chi connectivity index (χ0) is 12.0. The average Bonchev–Trinajstić information content (AvgIpc) is 2.29. The molecule has 88 valence electrons. The van der Waals surface area contributed by atoms with Crippen LogP contribution in [0.15, 0.2) is 24.3 Å². The number of carbonyl (C=O) groups is 1. The maximum Gasteiger partial charge on any atom is 0.237 e. The lowest BCUT2D eigenvalue weighted by Crippen LogP contribution is -2.23. The average molecular weight is 240 g/mol. The maximum atomic E-state index is 11.7. The summed E-state index contributed by atoms with van der Waals surface area (Å²) in [5.41, 5.74) is 6.94. The summed E-state index contributed by atoms with van der Waals surface area (Å²) in [7, 11) is 0. The van der Waals surface area contributed by atoms with Crippen LogP contribution < -0.4 is 11.1 Å². The van der Waals surface area contributed by atoms with Gasteiger partial charge in [-0.2, -0.15) is 0 Å². The number of nitrogens with two attached hydrogens (primary N) is 1. The molecule has 0 spiro atoms. The van der Waals surface area contributed by atoms with E-state index >= 15 is 0 Å². The van der Waals surface area contributed by atoms with E-state index in [2.05, 4.69) is 5.32 Å². The SMILES string of the molecule is CC(SCCO)C(=O)Nc1ccc(N)cc1. The first-order chi connectivity index (χ1) is 7.63. The molecule has 4 N–H and O–H groups in total. The number of nitrogens with one attached hydrogen (secondary N) is 1. The zero-order valence-corrected chi connectivity index (χ0v) is 9.96. The number of hydrogen-bond donors (Lipinski definition) is 3. The Bertz CT molecular complexity index is 340. The van der Waals surface area contributed by atoms with Crippen LogP contribution in [-0.4, -0.2) is 28.6 Å². The monoisotopic (exact) mass is 240 g/mol. The highest BCUT2D eigenvalue weighted by Crippen LogP contribution is 2.14. The Labute approximate surface area is 99.2 Å². The fraction of sp³-hybridized carbons (Fsp3) is 0.364. The summed E-state index contributed by atoms with van der Waals surface area (Å²) in [6.07, 6.45) is 0. The number of aliphatic hydroxyl groups excluding tert-OH is 1. The van der Waals surface area contributed by atoms with E-state index in [0.29, 0.717) is 11.4 Å². The molecular weight excluding hydrogens is 224 g/mol. The quantitative estimate of drug-likeness (QED) is 0.679. The molecular formula is C11H16N2O2S. The number of aliphatic hydroxyl groups is 1. The minimum Gasteiger partial charge on any atom is -0.399 e. The van der Waals surface area contributed by atoms with Gasteiger partial charge in [-0.3, -0.25) is 4.79 Å². The zero-order valence-electron chi connectivity index (χ0n) is 9.14. The number of thioether (sulfide) groups is 1. The van der Waals surface area contributed by atoms with Crippen LogP contribution in [0.3, 0.4) is 0 Å². The van der Waals surface area contributed by atoms with Crippen LogP contribution in [0.4, 0.5) is 11.4 Å². The number of anilines is 2. The summed E-state index contributed by atoms with van der Waals surface area (Å²) in [5.74, 6) is 0.499. The molecule has 0 aliphatic carbocycles. The standard InChI is InChI=1S/C11H16N2O2S/c1-8(16-7-6-14)11(15)13-10-4-2-9(12)3-5-10/h2-5,8,14H,6-7,12H2,1H3,(H,13,15). The van der Waals surface area contributed by atoms with E-state index in [1.54, 1.807) is 24.3 Å². The molecule has 1 rings (SSSR count). The van der Waals surface area contributed by atoms with Crippen molar-refractivity contribution in [1.29, 1.82) is 0 Å². The van der Waals surface area contributed by atoms with E-state index < -0.39 is 0 Å². The highest BCUT2D eigenvalue weighted by atomic mass is 32.2. The Morgan fingerprint density at radius 1 is 1.50 bits per heavy atom. The van der Waals surface area contributed by atoms with Crippen molar-refractivity contribution in [3.8, 4) is 0 Å². The molecule has 0 radical (unpaired) electrons. The Hall–Kier alpha value is -1.20. The normalized spacial score (nSPS) is 12.1. The van der Waals surface area contributed by atoms with E-state index in [0.717, 1.165) is 5.69 Å². The van der Waals surface area contributed by atoms with Crippen LogP contribution in [0.2, 0.25) is 0 Å². The van der Waals surface area contributed by atoms with Gasteiger partial charge in [-0.1, -0.05) is 0 Å². The summed E-state index contributed by atoms with van der Waals surface area (Å²) >= 11 is 1.42. The topological polar surface area (TPSA) is 75.3 Å². The van der Waals surface area contributed by atoms with Crippen LogP contribution in [0.5, 0.6) is 0 Å². The lowest BCUT2D eigenvalue weighted by Gasteiger charge is -2.11. The summed E-state index contributed by atoms with van der Waals surface area (Å²) in [6, 6.07) is 7.00. The van der Waals surface area contributed by atoms with Gasteiger partial charge in [-0.15, -0.1) is 11.8 Å². The van der Waals surface area contributed by atoms with E-state index in [9.17, 15) is 4.79 Å². The third kappa shape index (κ3) is 4.12. The largest absolute Gasteiger partial charge is 0.399 e. The van der Waals surface area contributed by atoms with Gasteiger partial charge in [0.1, 0.15) is 0 Å². The van der Waals surface area contributed by atoms with E-state index in [4.69, 9.17) is 10.8 Å². The van der Waals surface area contributed by atoms with Crippen LogP contribution in [0, 0.1) is 0 Å².